The zero-order valence-electron chi connectivity index (χ0n) is 16.7. The molecule has 3 rings (SSSR count). The fourth-order valence-corrected chi connectivity index (χ4v) is 3.19. The number of nitrogens with two attached hydrogens (primary N) is 1. The van der Waals surface area contributed by atoms with Crippen molar-refractivity contribution in [3.05, 3.63) is 48.3 Å². The van der Waals surface area contributed by atoms with E-state index in [4.69, 9.17) is 10.5 Å². The van der Waals surface area contributed by atoms with E-state index in [0.29, 0.717) is 32.2 Å². The summed E-state index contributed by atoms with van der Waals surface area (Å²) >= 11 is 0. The summed E-state index contributed by atoms with van der Waals surface area (Å²) in [6.07, 6.45) is 6.07. The summed E-state index contributed by atoms with van der Waals surface area (Å²) in [5.74, 6) is 0.449. The minimum Gasteiger partial charge on any atom is -0.450 e. The van der Waals surface area contributed by atoms with E-state index in [-0.39, 0.29) is 36.1 Å². The summed E-state index contributed by atoms with van der Waals surface area (Å²) in [6, 6.07) is 10.2. The van der Waals surface area contributed by atoms with Crippen molar-refractivity contribution in [1.29, 1.82) is 0 Å². The smallest absolute Gasteiger partial charge is 0.409 e. The molecule has 1 aliphatic rings. The fourth-order valence-electron chi connectivity index (χ4n) is 3.19. The Labute approximate surface area is 188 Å². The Morgan fingerprint density at radius 2 is 2.03 bits per heavy atom. The number of hydrogen-bond donors (Lipinski definition) is 2. The van der Waals surface area contributed by atoms with Crippen LogP contribution in [-0.4, -0.2) is 59.0 Å². The van der Waals surface area contributed by atoms with Gasteiger partial charge in [-0.15, -0.1) is 24.0 Å². The molecule has 1 saturated heterocycles. The minimum absolute atomic E-state index is 0. The zero-order chi connectivity index (χ0) is 19.8. The molecule has 1 amide bonds. The maximum absolute atomic E-state index is 11.7. The van der Waals surface area contributed by atoms with Gasteiger partial charge >= 0.3 is 6.09 Å². The first-order chi connectivity index (χ1) is 13.7. The number of rotatable bonds is 6. The second-order valence-electron chi connectivity index (χ2n) is 6.75. The van der Waals surface area contributed by atoms with E-state index in [0.717, 1.165) is 30.5 Å². The number of piperidine rings is 1. The number of aromatic nitrogens is 2. The van der Waals surface area contributed by atoms with Crippen LogP contribution in [0.2, 0.25) is 0 Å². The van der Waals surface area contributed by atoms with E-state index in [1.54, 1.807) is 4.90 Å². The van der Waals surface area contributed by atoms with Crippen LogP contribution < -0.4 is 11.1 Å². The van der Waals surface area contributed by atoms with Gasteiger partial charge in [0, 0.05) is 31.9 Å². The Morgan fingerprint density at radius 1 is 1.31 bits per heavy atom. The quantitative estimate of drug-likeness (QED) is 0.352. The van der Waals surface area contributed by atoms with Gasteiger partial charge in [-0.05, 0) is 43.9 Å². The number of ether oxygens (including phenoxy) is 1. The van der Waals surface area contributed by atoms with Crippen molar-refractivity contribution in [3.8, 4) is 5.69 Å². The Bertz CT molecular complexity index is 787. The van der Waals surface area contributed by atoms with Gasteiger partial charge in [0.05, 0.1) is 18.5 Å². The monoisotopic (exact) mass is 512 g/mol. The van der Waals surface area contributed by atoms with Crippen LogP contribution in [0.1, 0.15) is 25.3 Å². The number of para-hydroxylation sites is 1. The number of aliphatic imine (C=N–C) groups is 1. The minimum atomic E-state index is -0.237. The maximum Gasteiger partial charge on any atom is 0.409 e. The molecule has 29 heavy (non-hydrogen) atoms. The number of hydrogen-bond acceptors (Lipinski definition) is 4. The molecule has 0 aliphatic carbocycles. The van der Waals surface area contributed by atoms with E-state index < -0.39 is 0 Å². The topological polar surface area (TPSA) is 97.8 Å². The lowest BCUT2D eigenvalue weighted by Gasteiger charge is -2.31. The second-order valence-corrected chi connectivity index (χ2v) is 6.75. The van der Waals surface area contributed by atoms with E-state index in [1.807, 2.05) is 54.3 Å². The van der Waals surface area contributed by atoms with Gasteiger partial charge in [-0.1, -0.05) is 18.2 Å². The number of benzene rings is 1. The van der Waals surface area contributed by atoms with Crippen molar-refractivity contribution in [3.63, 3.8) is 0 Å². The molecule has 0 saturated carbocycles. The summed E-state index contributed by atoms with van der Waals surface area (Å²) in [5, 5.41) is 7.65. The van der Waals surface area contributed by atoms with Crippen LogP contribution in [0.4, 0.5) is 4.79 Å². The zero-order valence-corrected chi connectivity index (χ0v) is 19.0. The van der Waals surface area contributed by atoms with Crippen molar-refractivity contribution in [2.24, 2.45) is 10.7 Å². The predicted molar refractivity (Wildman–Crippen MR) is 124 cm³/mol. The van der Waals surface area contributed by atoms with Crippen molar-refractivity contribution >= 4 is 36.0 Å². The number of carbonyl (C=O) groups excluding carboxylic acids is 1. The van der Waals surface area contributed by atoms with Gasteiger partial charge in [0.2, 0.25) is 0 Å². The molecular weight excluding hydrogens is 483 g/mol. The SMILES string of the molecule is CCOC(=O)N1CCC(NC(N)=NCCc2cnn(-c3ccccc3)c2)CC1.I. The molecule has 3 N–H and O–H groups in total. The van der Waals surface area contributed by atoms with Crippen molar-refractivity contribution in [2.75, 3.05) is 26.2 Å². The van der Waals surface area contributed by atoms with Crippen LogP contribution in [0, 0.1) is 0 Å². The Morgan fingerprint density at radius 3 is 2.72 bits per heavy atom. The number of nitrogens with one attached hydrogen (secondary N) is 1. The lowest BCUT2D eigenvalue weighted by molar-refractivity contribution is 0.0963. The van der Waals surface area contributed by atoms with Crippen LogP contribution in [0.5, 0.6) is 0 Å². The van der Waals surface area contributed by atoms with Gasteiger partial charge in [0.1, 0.15) is 0 Å². The molecule has 0 atom stereocenters. The predicted octanol–water partition coefficient (Wildman–Crippen LogP) is 2.56. The van der Waals surface area contributed by atoms with Crippen molar-refractivity contribution in [2.45, 2.75) is 32.2 Å². The molecule has 1 aliphatic heterocycles. The molecule has 158 valence electrons. The van der Waals surface area contributed by atoms with Gasteiger partial charge in [0.25, 0.3) is 0 Å². The maximum atomic E-state index is 11.7. The molecule has 0 unspecified atom stereocenters. The van der Waals surface area contributed by atoms with Crippen LogP contribution in [-0.2, 0) is 11.2 Å². The Kier molecular flexibility index (Phi) is 9.23. The molecule has 1 aromatic heterocycles. The van der Waals surface area contributed by atoms with Gasteiger partial charge < -0.3 is 20.7 Å². The molecule has 0 bridgehead atoms. The van der Waals surface area contributed by atoms with Crippen molar-refractivity contribution < 1.29 is 9.53 Å². The first kappa shape index (κ1) is 23.0. The third-order valence-electron chi connectivity index (χ3n) is 4.71. The highest BCUT2D eigenvalue weighted by Crippen LogP contribution is 2.11. The van der Waals surface area contributed by atoms with Crippen LogP contribution in [0.3, 0.4) is 0 Å². The third-order valence-corrected chi connectivity index (χ3v) is 4.71. The number of amides is 1. The molecule has 9 heteroatoms. The van der Waals surface area contributed by atoms with Gasteiger partial charge in [-0.3, -0.25) is 4.99 Å². The highest BCUT2D eigenvalue weighted by atomic mass is 127. The lowest BCUT2D eigenvalue weighted by atomic mass is 10.1. The molecule has 1 fully saturated rings. The number of guanidine groups is 1. The second kappa shape index (κ2) is 11.6. The highest BCUT2D eigenvalue weighted by molar-refractivity contribution is 14.0. The molecule has 0 spiro atoms. The molecule has 0 radical (unpaired) electrons. The summed E-state index contributed by atoms with van der Waals surface area (Å²) in [7, 11) is 0. The van der Waals surface area contributed by atoms with E-state index in [9.17, 15) is 4.79 Å². The highest BCUT2D eigenvalue weighted by Gasteiger charge is 2.23. The number of nitrogens with zero attached hydrogens (tertiary/aromatic N) is 4. The molecular formula is C20H29IN6O2. The summed E-state index contributed by atoms with van der Waals surface area (Å²) in [4.78, 5) is 17.9. The summed E-state index contributed by atoms with van der Waals surface area (Å²) in [5.41, 5.74) is 8.17. The van der Waals surface area contributed by atoms with Gasteiger partial charge in [-0.25, -0.2) is 9.48 Å². The summed E-state index contributed by atoms with van der Waals surface area (Å²) in [6.45, 7) is 4.16. The number of likely N-dealkylation sites (tertiary alicyclic amines) is 1. The van der Waals surface area contributed by atoms with Gasteiger partial charge in [-0.2, -0.15) is 5.10 Å². The normalized spacial score (nSPS) is 14.9. The molecule has 8 nitrogen and oxygen atoms in total. The molecule has 2 aromatic rings. The fraction of sp³-hybridized carbons (Fsp3) is 0.450. The first-order valence-corrected chi connectivity index (χ1v) is 9.73. The van der Waals surface area contributed by atoms with E-state index >= 15 is 0 Å². The van der Waals surface area contributed by atoms with Crippen LogP contribution in [0.25, 0.3) is 5.69 Å². The molecule has 1 aromatic carbocycles. The average molecular weight is 512 g/mol. The Hall–Kier alpha value is -2.30. The van der Waals surface area contributed by atoms with Crippen LogP contribution >= 0.6 is 24.0 Å². The first-order valence-electron chi connectivity index (χ1n) is 9.73. The summed E-state index contributed by atoms with van der Waals surface area (Å²) < 4.78 is 6.89. The van der Waals surface area contributed by atoms with Crippen LogP contribution in [0.15, 0.2) is 47.7 Å². The largest absolute Gasteiger partial charge is 0.450 e. The van der Waals surface area contributed by atoms with E-state index in [1.165, 1.54) is 0 Å². The number of halogens is 1. The van der Waals surface area contributed by atoms with Gasteiger partial charge in [0.15, 0.2) is 5.96 Å². The third kappa shape index (κ3) is 6.91. The average Bonchev–Trinajstić information content (AvgIpc) is 3.18. The Balaban J connectivity index is 0.00000300. The van der Waals surface area contributed by atoms with E-state index in [2.05, 4.69) is 15.4 Å². The molecule has 2 heterocycles. The lowest BCUT2D eigenvalue weighted by Crippen LogP contribution is -2.48. The standard InChI is InChI=1S/C20H28N6O2.HI/c1-2-28-20(27)25-12-9-17(10-13-25)24-19(21)22-11-8-16-14-23-26(15-16)18-6-4-3-5-7-18;/h3-7,14-15,17H,2,8-13H2,1H3,(H3,21,22,24);1H. The van der Waals surface area contributed by atoms with Crippen molar-refractivity contribution in [1.82, 2.24) is 20.0 Å². The number of carbonyl (C=O) groups is 1.